The van der Waals surface area contributed by atoms with Crippen LogP contribution in [0.1, 0.15) is 27.2 Å². The van der Waals surface area contributed by atoms with Gasteiger partial charge in [0.2, 0.25) is 0 Å². The van der Waals surface area contributed by atoms with E-state index in [0.29, 0.717) is 13.1 Å². The molecule has 3 amide bonds. The second kappa shape index (κ2) is 7.37. The smallest absolute Gasteiger partial charge is 0.410 e. The van der Waals surface area contributed by atoms with Gasteiger partial charge < -0.3 is 20.3 Å². The van der Waals surface area contributed by atoms with Crippen molar-refractivity contribution < 1.29 is 14.3 Å². The molecule has 0 saturated carbocycles. The summed E-state index contributed by atoms with van der Waals surface area (Å²) in [5.41, 5.74) is 0.232. The summed E-state index contributed by atoms with van der Waals surface area (Å²) < 4.78 is 6.45. The number of urea groups is 1. The number of ether oxygens (including phenoxy) is 1. The van der Waals surface area contributed by atoms with Crippen LogP contribution in [0.15, 0.2) is 24.3 Å². The van der Waals surface area contributed by atoms with Crippen LogP contribution in [0.3, 0.4) is 0 Å². The van der Waals surface area contributed by atoms with Crippen LogP contribution in [-0.2, 0) is 4.74 Å². The molecule has 1 aliphatic rings. The number of nitrogens with zero attached hydrogens (tertiary/aromatic N) is 1. The number of halogens is 1. The molecule has 2 rings (SSSR count). The minimum Gasteiger partial charge on any atom is -0.444 e. The maximum atomic E-state index is 12.0. The minimum atomic E-state index is -0.509. The van der Waals surface area contributed by atoms with E-state index in [1.54, 1.807) is 4.90 Å². The average Bonchev–Trinajstić information content (AvgIpc) is 2.88. The zero-order chi connectivity index (χ0) is 17.0. The summed E-state index contributed by atoms with van der Waals surface area (Å²) in [4.78, 5) is 25.6. The number of rotatable bonds is 2. The highest BCUT2D eigenvalue weighted by Gasteiger charge is 2.30. The monoisotopic (exact) mass is 431 g/mol. The Labute approximate surface area is 150 Å². The van der Waals surface area contributed by atoms with Crippen molar-refractivity contribution >= 4 is 40.4 Å². The molecule has 1 fully saturated rings. The Morgan fingerprint density at radius 1 is 1.26 bits per heavy atom. The SMILES string of the molecule is CC(C)(C)OC(=O)N1CC[C@H](NC(=O)Nc2ccc(I)cc2)C1. The molecular weight excluding hydrogens is 409 g/mol. The first-order chi connectivity index (χ1) is 10.7. The molecule has 7 heteroatoms. The molecule has 6 nitrogen and oxygen atoms in total. The summed E-state index contributed by atoms with van der Waals surface area (Å²) in [5.74, 6) is 0. The Kier molecular flexibility index (Phi) is 5.72. The summed E-state index contributed by atoms with van der Waals surface area (Å²) >= 11 is 2.21. The zero-order valence-electron chi connectivity index (χ0n) is 13.6. The largest absolute Gasteiger partial charge is 0.444 e. The number of nitrogens with one attached hydrogen (secondary N) is 2. The van der Waals surface area contributed by atoms with Crippen molar-refractivity contribution in [1.29, 1.82) is 0 Å². The Morgan fingerprint density at radius 3 is 2.52 bits per heavy atom. The molecule has 1 aromatic rings. The Balaban J connectivity index is 1.79. The maximum Gasteiger partial charge on any atom is 0.410 e. The van der Waals surface area contributed by atoms with Gasteiger partial charge in [-0.15, -0.1) is 0 Å². The van der Waals surface area contributed by atoms with Gasteiger partial charge in [0.25, 0.3) is 0 Å². The van der Waals surface area contributed by atoms with Gasteiger partial charge in [-0.1, -0.05) is 0 Å². The number of carbonyl (C=O) groups excluding carboxylic acids is 2. The fraction of sp³-hybridized carbons (Fsp3) is 0.500. The van der Waals surface area contributed by atoms with Crippen molar-refractivity contribution in [2.75, 3.05) is 18.4 Å². The molecule has 126 valence electrons. The molecule has 1 aliphatic heterocycles. The zero-order valence-corrected chi connectivity index (χ0v) is 15.7. The highest BCUT2D eigenvalue weighted by molar-refractivity contribution is 14.1. The number of anilines is 1. The standard InChI is InChI=1S/C16H22IN3O3/c1-16(2,3)23-15(22)20-9-8-13(10-20)19-14(21)18-12-6-4-11(17)5-7-12/h4-7,13H,8-10H2,1-3H3,(H2,18,19,21)/t13-/m0/s1. The molecule has 1 saturated heterocycles. The van der Waals surface area contributed by atoms with Gasteiger partial charge in [-0.05, 0) is 74.0 Å². The summed E-state index contributed by atoms with van der Waals surface area (Å²) in [6.07, 6.45) is 0.388. The first-order valence-electron chi connectivity index (χ1n) is 7.54. The summed E-state index contributed by atoms with van der Waals surface area (Å²) in [6, 6.07) is 7.23. The molecule has 0 bridgehead atoms. The van der Waals surface area contributed by atoms with Gasteiger partial charge in [0.1, 0.15) is 5.60 Å². The van der Waals surface area contributed by atoms with Gasteiger partial charge in [0, 0.05) is 28.4 Å². The summed E-state index contributed by atoms with van der Waals surface area (Å²) in [7, 11) is 0. The van der Waals surface area contributed by atoms with Crippen molar-refractivity contribution in [3.63, 3.8) is 0 Å². The Hall–Kier alpha value is -1.51. The van der Waals surface area contributed by atoms with Crippen molar-refractivity contribution in [3.05, 3.63) is 27.8 Å². The van der Waals surface area contributed by atoms with E-state index in [1.165, 1.54) is 0 Å². The average molecular weight is 431 g/mol. The highest BCUT2D eigenvalue weighted by atomic mass is 127. The number of amides is 3. The first kappa shape index (κ1) is 17.8. The molecule has 0 aromatic heterocycles. The van der Waals surface area contributed by atoms with Gasteiger partial charge in [0.15, 0.2) is 0 Å². The molecule has 1 atom stereocenters. The van der Waals surface area contributed by atoms with Crippen LogP contribution in [0.4, 0.5) is 15.3 Å². The van der Waals surface area contributed by atoms with Crippen LogP contribution in [0.2, 0.25) is 0 Å². The molecule has 1 heterocycles. The predicted octanol–water partition coefficient (Wildman–Crippen LogP) is 3.42. The van der Waals surface area contributed by atoms with Gasteiger partial charge in [0.05, 0.1) is 0 Å². The number of hydrogen-bond donors (Lipinski definition) is 2. The topological polar surface area (TPSA) is 70.7 Å². The van der Waals surface area contributed by atoms with Crippen LogP contribution < -0.4 is 10.6 Å². The van der Waals surface area contributed by atoms with Crippen LogP contribution >= 0.6 is 22.6 Å². The normalized spacial score (nSPS) is 17.7. The van der Waals surface area contributed by atoms with Crippen molar-refractivity contribution in [2.45, 2.75) is 38.8 Å². The first-order valence-corrected chi connectivity index (χ1v) is 8.62. The summed E-state index contributed by atoms with van der Waals surface area (Å²) in [5, 5.41) is 5.68. The van der Waals surface area contributed by atoms with E-state index < -0.39 is 5.60 Å². The van der Waals surface area contributed by atoms with E-state index in [4.69, 9.17) is 4.74 Å². The van der Waals surface area contributed by atoms with E-state index in [0.717, 1.165) is 15.7 Å². The molecule has 1 aromatic carbocycles. The Bertz CT molecular complexity index is 569. The van der Waals surface area contributed by atoms with E-state index in [2.05, 4.69) is 33.2 Å². The second-order valence-corrected chi connectivity index (χ2v) is 7.76. The predicted molar refractivity (Wildman–Crippen MR) is 97.5 cm³/mol. The van der Waals surface area contributed by atoms with Gasteiger partial charge in [-0.2, -0.15) is 0 Å². The van der Waals surface area contributed by atoms with E-state index in [9.17, 15) is 9.59 Å². The molecule has 0 radical (unpaired) electrons. The lowest BCUT2D eigenvalue weighted by atomic mass is 10.2. The fourth-order valence-electron chi connectivity index (χ4n) is 2.26. The number of carbonyl (C=O) groups is 2. The molecule has 2 N–H and O–H groups in total. The molecule has 23 heavy (non-hydrogen) atoms. The van der Waals surface area contributed by atoms with Gasteiger partial charge >= 0.3 is 12.1 Å². The fourth-order valence-corrected chi connectivity index (χ4v) is 2.62. The minimum absolute atomic E-state index is 0.0635. The van der Waals surface area contributed by atoms with Gasteiger partial charge in [-0.25, -0.2) is 9.59 Å². The van der Waals surface area contributed by atoms with Crippen LogP contribution in [-0.4, -0.2) is 41.8 Å². The highest BCUT2D eigenvalue weighted by Crippen LogP contribution is 2.16. The summed E-state index contributed by atoms with van der Waals surface area (Å²) in [6.45, 7) is 6.57. The van der Waals surface area contributed by atoms with E-state index >= 15 is 0 Å². The number of benzene rings is 1. The van der Waals surface area contributed by atoms with Crippen LogP contribution in [0, 0.1) is 3.57 Å². The third kappa shape index (κ3) is 5.89. The van der Waals surface area contributed by atoms with Crippen molar-refractivity contribution in [1.82, 2.24) is 10.2 Å². The van der Waals surface area contributed by atoms with Crippen molar-refractivity contribution in [2.24, 2.45) is 0 Å². The third-order valence-electron chi connectivity index (χ3n) is 3.28. The van der Waals surface area contributed by atoms with Crippen molar-refractivity contribution in [3.8, 4) is 0 Å². The molecule has 0 aliphatic carbocycles. The third-order valence-corrected chi connectivity index (χ3v) is 4.00. The van der Waals surface area contributed by atoms with Gasteiger partial charge in [-0.3, -0.25) is 0 Å². The Morgan fingerprint density at radius 2 is 1.91 bits per heavy atom. The lowest BCUT2D eigenvalue weighted by molar-refractivity contribution is 0.0291. The number of hydrogen-bond acceptors (Lipinski definition) is 3. The quantitative estimate of drug-likeness (QED) is 0.706. The molecule has 0 unspecified atom stereocenters. The molecular formula is C16H22IN3O3. The van der Waals surface area contributed by atoms with Crippen LogP contribution in [0.5, 0.6) is 0 Å². The van der Waals surface area contributed by atoms with E-state index in [-0.39, 0.29) is 18.2 Å². The van der Waals surface area contributed by atoms with Crippen LogP contribution in [0.25, 0.3) is 0 Å². The maximum absolute atomic E-state index is 12.0. The molecule has 0 spiro atoms. The lowest BCUT2D eigenvalue weighted by Crippen LogP contribution is -2.41. The number of likely N-dealkylation sites (tertiary alicyclic amines) is 1. The lowest BCUT2D eigenvalue weighted by Gasteiger charge is -2.24. The van der Waals surface area contributed by atoms with E-state index in [1.807, 2.05) is 45.0 Å². The second-order valence-electron chi connectivity index (χ2n) is 6.52.